The maximum Gasteiger partial charge on any atom is 0.416 e. The molecule has 0 fully saturated rings. The molecule has 25 heavy (non-hydrogen) atoms. The number of halogens is 6. The Labute approximate surface area is 141 Å². The van der Waals surface area contributed by atoms with E-state index in [9.17, 15) is 31.1 Å². The number of carbonyl (C=O) groups excluding carboxylic acids is 1. The summed E-state index contributed by atoms with van der Waals surface area (Å²) in [6.07, 6.45) is -9.91. The number of nitrogens with two attached hydrogens (primary N) is 1. The Bertz CT molecular complexity index is 602. The van der Waals surface area contributed by atoms with Crippen LogP contribution in [-0.2, 0) is 22.7 Å². The Kier molecular flexibility index (Phi) is 5.83. The Hall–Kier alpha value is -1.77. The van der Waals surface area contributed by atoms with Crippen LogP contribution in [0.15, 0.2) is 18.2 Å². The molecule has 0 saturated carbocycles. The van der Waals surface area contributed by atoms with E-state index in [0.717, 1.165) is 0 Å². The summed E-state index contributed by atoms with van der Waals surface area (Å²) in [5.74, 6) is -0.908. The van der Waals surface area contributed by atoms with Crippen LogP contribution in [0.5, 0.6) is 0 Å². The van der Waals surface area contributed by atoms with Gasteiger partial charge in [-0.1, -0.05) is 13.8 Å². The van der Waals surface area contributed by atoms with Crippen molar-refractivity contribution in [2.75, 3.05) is 0 Å². The van der Waals surface area contributed by atoms with Gasteiger partial charge in [-0.2, -0.15) is 26.3 Å². The van der Waals surface area contributed by atoms with Crippen molar-refractivity contribution in [3.8, 4) is 0 Å². The highest BCUT2D eigenvalue weighted by atomic mass is 19.4. The molecule has 1 amide bonds. The molecule has 0 aliphatic carbocycles. The van der Waals surface area contributed by atoms with Crippen molar-refractivity contribution in [3.05, 3.63) is 34.9 Å². The Morgan fingerprint density at radius 3 is 1.60 bits per heavy atom. The standard InChI is InChI=1S/C16H20F6N2O/c1-8(2)12(23)13(25)24-14(3,4)9-5-10(15(17,18)19)7-11(6-9)16(20,21)22/h5-8,12H,23H2,1-4H3,(H,24,25). The lowest BCUT2D eigenvalue weighted by Crippen LogP contribution is -2.50. The van der Waals surface area contributed by atoms with Crippen LogP contribution >= 0.6 is 0 Å². The lowest BCUT2D eigenvalue weighted by atomic mass is 9.89. The molecule has 0 aromatic heterocycles. The Morgan fingerprint density at radius 1 is 0.920 bits per heavy atom. The molecular formula is C16H20F6N2O. The van der Waals surface area contributed by atoms with E-state index in [-0.39, 0.29) is 17.5 Å². The SMILES string of the molecule is CC(C)C(N)C(=O)NC(C)(C)c1cc(C(F)(F)F)cc(C(F)(F)F)c1. The van der Waals surface area contributed by atoms with Gasteiger partial charge in [0.2, 0.25) is 5.91 Å². The molecule has 3 N–H and O–H groups in total. The molecular weight excluding hydrogens is 350 g/mol. The van der Waals surface area contributed by atoms with E-state index in [1.807, 2.05) is 0 Å². The first kappa shape index (κ1) is 21.3. The number of nitrogens with one attached hydrogen (secondary N) is 1. The van der Waals surface area contributed by atoms with Gasteiger partial charge in [-0.05, 0) is 43.5 Å². The summed E-state index contributed by atoms with van der Waals surface area (Å²) in [6.45, 7) is 5.97. The second-order valence-electron chi connectivity index (χ2n) is 6.68. The summed E-state index contributed by atoms with van der Waals surface area (Å²) < 4.78 is 77.7. The maximum absolute atomic E-state index is 12.9. The molecule has 3 nitrogen and oxygen atoms in total. The van der Waals surface area contributed by atoms with Crippen LogP contribution in [0.2, 0.25) is 0 Å². The van der Waals surface area contributed by atoms with Crippen molar-refractivity contribution in [1.29, 1.82) is 0 Å². The van der Waals surface area contributed by atoms with Gasteiger partial charge in [0.05, 0.1) is 22.7 Å². The van der Waals surface area contributed by atoms with Crippen LogP contribution in [0, 0.1) is 5.92 Å². The Balaban J connectivity index is 3.36. The number of carbonyl (C=O) groups is 1. The zero-order valence-electron chi connectivity index (χ0n) is 14.1. The monoisotopic (exact) mass is 370 g/mol. The first-order chi connectivity index (χ1) is 11.1. The van der Waals surface area contributed by atoms with Crippen molar-refractivity contribution in [2.45, 2.75) is 51.6 Å². The van der Waals surface area contributed by atoms with Gasteiger partial charge in [0.25, 0.3) is 0 Å². The van der Waals surface area contributed by atoms with Crippen molar-refractivity contribution in [1.82, 2.24) is 5.32 Å². The predicted molar refractivity (Wildman–Crippen MR) is 80.4 cm³/mol. The van der Waals surface area contributed by atoms with Crippen LogP contribution in [0.4, 0.5) is 26.3 Å². The van der Waals surface area contributed by atoms with Crippen molar-refractivity contribution in [2.24, 2.45) is 11.7 Å². The van der Waals surface area contributed by atoms with Crippen LogP contribution < -0.4 is 11.1 Å². The second kappa shape index (κ2) is 6.86. The van der Waals surface area contributed by atoms with Crippen LogP contribution in [0.25, 0.3) is 0 Å². The number of hydrogen-bond acceptors (Lipinski definition) is 2. The number of alkyl halides is 6. The van der Waals surface area contributed by atoms with E-state index in [1.165, 1.54) is 13.8 Å². The zero-order valence-corrected chi connectivity index (χ0v) is 14.1. The smallest absolute Gasteiger partial charge is 0.346 e. The molecule has 0 bridgehead atoms. The third kappa shape index (κ3) is 5.35. The van der Waals surface area contributed by atoms with E-state index in [1.54, 1.807) is 13.8 Å². The Morgan fingerprint density at radius 2 is 1.28 bits per heavy atom. The lowest BCUT2D eigenvalue weighted by molar-refractivity contribution is -0.143. The molecule has 0 aliphatic rings. The topological polar surface area (TPSA) is 55.1 Å². The molecule has 0 heterocycles. The van der Waals surface area contributed by atoms with E-state index < -0.39 is 41.0 Å². The van der Waals surface area contributed by atoms with Crippen molar-refractivity contribution >= 4 is 5.91 Å². The molecule has 1 rings (SSSR count). The van der Waals surface area contributed by atoms with Gasteiger partial charge in [-0.3, -0.25) is 4.79 Å². The van der Waals surface area contributed by atoms with Crippen LogP contribution in [0.1, 0.15) is 44.4 Å². The van der Waals surface area contributed by atoms with Crippen LogP contribution in [-0.4, -0.2) is 11.9 Å². The largest absolute Gasteiger partial charge is 0.416 e. The number of rotatable bonds is 4. The van der Waals surface area contributed by atoms with Crippen LogP contribution in [0.3, 0.4) is 0 Å². The predicted octanol–water partition coefficient (Wildman–Crippen LogP) is 4.06. The quantitative estimate of drug-likeness (QED) is 0.786. The fraction of sp³-hybridized carbons (Fsp3) is 0.562. The summed E-state index contributed by atoms with van der Waals surface area (Å²) in [4.78, 5) is 12.1. The molecule has 1 unspecified atom stereocenters. The maximum atomic E-state index is 12.9. The van der Waals surface area contributed by atoms with Gasteiger partial charge < -0.3 is 11.1 Å². The van der Waals surface area contributed by atoms with Crippen molar-refractivity contribution in [3.63, 3.8) is 0 Å². The summed E-state index contributed by atoms with van der Waals surface area (Å²) in [7, 11) is 0. The molecule has 1 atom stereocenters. The van der Waals surface area contributed by atoms with E-state index in [2.05, 4.69) is 5.32 Å². The molecule has 0 radical (unpaired) electrons. The summed E-state index contributed by atoms with van der Waals surface area (Å²) in [6, 6.07) is 0.292. The fourth-order valence-electron chi connectivity index (χ4n) is 2.08. The lowest BCUT2D eigenvalue weighted by Gasteiger charge is -2.30. The first-order valence-electron chi connectivity index (χ1n) is 7.43. The zero-order chi connectivity index (χ0) is 19.8. The molecule has 9 heteroatoms. The second-order valence-corrected chi connectivity index (χ2v) is 6.68. The highest BCUT2D eigenvalue weighted by molar-refractivity contribution is 5.82. The number of benzene rings is 1. The van der Waals surface area contributed by atoms with Gasteiger partial charge in [0.1, 0.15) is 0 Å². The summed E-state index contributed by atoms with van der Waals surface area (Å²) >= 11 is 0. The van der Waals surface area contributed by atoms with E-state index in [0.29, 0.717) is 12.1 Å². The average Bonchev–Trinajstić information content (AvgIpc) is 2.43. The van der Waals surface area contributed by atoms with Gasteiger partial charge in [-0.25, -0.2) is 0 Å². The average molecular weight is 370 g/mol. The normalized spacial score (nSPS) is 14.6. The highest BCUT2D eigenvalue weighted by Crippen LogP contribution is 2.38. The van der Waals surface area contributed by atoms with Crippen molar-refractivity contribution < 1.29 is 31.1 Å². The van der Waals surface area contributed by atoms with Gasteiger partial charge in [0.15, 0.2) is 0 Å². The fourth-order valence-corrected chi connectivity index (χ4v) is 2.08. The number of amides is 1. The summed E-state index contributed by atoms with van der Waals surface area (Å²) in [5.41, 5.74) is 0.995. The molecule has 1 aromatic carbocycles. The van der Waals surface area contributed by atoms with Gasteiger partial charge in [0, 0.05) is 0 Å². The minimum absolute atomic E-state index is 0.0429. The van der Waals surface area contributed by atoms with Gasteiger partial charge in [-0.15, -0.1) is 0 Å². The van der Waals surface area contributed by atoms with E-state index >= 15 is 0 Å². The van der Waals surface area contributed by atoms with E-state index in [4.69, 9.17) is 5.73 Å². The minimum Gasteiger partial charge on any atom is -0.346 e. The molecule has 0 saturated heterocycles. The summed E-state index contributed by atoms with van der Waals surface area (Å²) in [5, 5.41) is 2.41. The number of hydrogen-bond donors (Lipinski definition) is 2. The third-order valence-electron chi connectivity index (χ3n) is 3.77. The molecule has 0 aliphatic heterocycles. The third-order valence-corrected chi connectivity index (χ3v) is 3.77. The molecule has 142 valence electrons. The molecule has 0 spiro atoms. The first-order valence-corrected chi connectivity index (χ1v) is 7.43. The van der Waals surface area contributed by atoms with Gasteiger partial charge >= 0.3 is 12.4 Å². The minimum atomic E-state index is -4.95. The highest BCUT2D eigenvalue weighted by Gasteiger charge is 2.39. The molecule has 1 aromatic rings.